The van der Waals surface area contributed by atoms with E-state index in [0.29, 0.717) is 17.5 Å². The summed E-state index contributed by atoms with van der Waals surface area (Å²) in [4.78, 5) is 2.67. The highest BCUT2D eigenvalue weighted by atomic mass is 15.2. The lowest BCUT2D eigenvalue weighted by Crippen LogP contribution is -2.51. The van der Waals surface area contributed by atoms with Crippen LogP contribution in [0.4, 0.5) is 0 Å². The van der Waals surface area contributed by atoms with Gasteiger partial charge in [0.05, 0.1) is 0 Å². The Labute approximate surface area is 102 Å². The summed E-state index contributed by atoms with van der Waals surface area (Å²) >= 11 is 0. The minimum atomic E-state index is 0.566. The second-order valence-electron chi connectivity index (χ2n) is 6.01. The van der Waals surface area contributed by atoms with Crippen molar-refractivity contribution in [1.29, 1.82) is 0 Å². The Hall–Kier alpha value is -0.0800. The van der Waals surface area contributed by atoms with Crippen LogP contribution in [0.15, 0.2) is 0 Å². The van der Waals surface area contributed by atoms with Crippen LogP contribution in [0.2, 0.25) is 0 Å². The molecule has 1 aliphatic rings. The first-order chi connectivity index (χ1) is 7.50. The summed E-state index contributed by atoms with van der Waals surface area (Å²) in [7, 11) is 0. The largest absolute Gasteiger partial charge is 0.313 e. The maximum atomic E-state index is 3.61. The predicted molar refractivity (Wildman–Crippen MR) is 71.8 cm³/mol. The first kappa shape index (κ1) is 14.0. The minimum Gasteiger partial charge on any atom is -0.313 e. The van der Waals surface area contributed by atoms with Crippen molar-refractivity contribution >= 4 is 0 Å². The van der Waals surface area contributed by atoms with Gasteiger partial charge in [0.1, 0.15) is 0 Å². The molecule has 0 spiro atoms. The SMILES string of the molecule is CCNC(CC)C(C)N1CCC(C)(C)CC1. The smallest absolute Gasteiger partial charge is 0.0220 e. The first-order valence-electron chi connectivity index (χ1n) is 6.97. The van der Waals surface area contributed by atoms with Crippen LogP contribution in [-0.2, 0) is 0 Å². The molecule has 1 aliphatic heterocycles. The average Bonchev–Trinajstić information content (AvgIpc) is 2.25. The number of hydrogen-bond acceptors (Lipinski definition) is 2. The molecule has 1 fully saturated rings. The molecule has 0 amide bonds. The van der Waals surface area contributed by atoms with E-state index in [9.17, 15) is 0 Å². The number of likely N-dealkylation sites (N-methyl/N-ethyl adjacent to an activating group) is 1. The fourth-order valence-electron chi connectivity index (χ4n) is 2.71. The fraction of sp³-hybridized carbons (Fsp3) is 1.00. The highest BCUT2D eigenvalue weighted by Crippen LogP contribution is 2.31. The van der Waals surface area contributed by atoms with Crippen LogP contribution in [0.3, 0.4) is 0 Å². The lowest BCUT2D eigenvalue weighted by Gasteiger charge is -2.42. The monoisotopic (exact) mass is 226 g/mol. The van der Waals surface area contributed by atoms with Crippen LogP contribution in [0, 0.1) is 5.41 Å². The molecule has 2 heteroatoms. The first-order valence-corrected chi connectivity index (χ1v) is 6.97. The molecule has 1 N–H and O–H groups in total. The summed E-state index contributed by atoms with van der Waals surface area (Å²) in [6.07, 6.45) is 3.93. The zero-order valence-electron chi connectivity index (χ0n) is 11.8. The third-order valence-electron chi connectivity index (χ3n) is 4.22. The van der Waals surface area contributed by atoms with Gasteiger partial charge in [0, 0.05) is 12.1 Å². The van der Waals surface area contributed by atoms with E-state index in [-0.39, 0.29) is 0 Å². The molecule has 0 aromatic heterocycles. The van der Waals surface area contributed by atoms with Gasteiger partial charge in [0.2, 0.25) is 0 Å². The summed E-state index contributed by atoms with van der Waals surface area (Å²) in [5.74, 6) is 0. The van der Waals surface area contributed by atoms with Crippen LogP contribution < -0.4 is 5.32 Å². The topological polar surface area (TPSA) is 15.3 Å². The Kier molecular flexibility index (Phi) is 5.26. The standard InChI is InChI=1S/C14H30N2/c1-6-13(15-7-2)12(3)16-10-8-14(4,5)9-11-16/h12-13,15H,6-11H2,1-5H3. The molecule has 0 radical (unpaired) electrons. The average molecular weight is 226 g/mol. The zero-order chi connectivity index (χ0) is 12.2. The summed E-state index contributed by atoms with van der Waals surface area (Å²) in [6, 6.07) is 1.34. The number of nitrogens with zero attached hydrogens (tertiary/aromatic N) is 1. The van der Waals surface area contributed by atoms with Crippen LogP contribution in [0.25, 0.3) is 0 Å². The van der Waals surface area contributed by atoms with Crippen molar-refractivity contribution in [2.45, 2.75) is 66.0 Å². The Morgan fingerprint density at radius 1 is 1.19 bits per heavy atom. The molecule has 1 saturated heterocycles. The van der Waals surface area contributed by atoms with E-state index in [2.05, 4.69) is 44.8 Å². The molecule has 2 atom stereocenters. The van der Waals surface area contributed by atoms with Gasteiger partial charge in [-0.15, -0.1) is 0 Å². The van der Waals surface area contributed by atoms with Gasteiger partial charge in [-0.2, -0.15) is 0 Å². The number of hydrogen-bond donors (Lipinski definition) is 1. The van der Waals surface area contributed by atoms with Gasteiger partial charge < -0.3 is 5.32 Å². The molecule has 0 aliphatic carbocycles. The maximum Gasteiger partial charge on any atom is 0.0220 e. The Balaban J connectivity index is 2.45. The molecule has 96 valence electrons. The maximum absolute atomic E-state index is 3.61. The Morgan fingerprint density at radius 2 is 1.75 bits per heavy atom. The molecule has 0 aromatic rings. The molecular formula is C14H30N2. The second-order valence-corrected chi connectivity index (χ2v) is 6.01. The number of piperidine rings is 1. The van der Waals surface area contributed by atoms with Crippen molar-refractivity contribution in [3.63, 3.8) is 0 Å². The predicted octanol–water partition coefficient (Wildman–Crippen LogP) is 2.89. The number of likely N-dealkylation sites (tertiary alicyclic amines) is 1. The second kappa shape index (κ2) is 6.02. The molecule has 2 nitrogen and oxygen atoms in total. The minimum absolute atomic E-state index is 0.566. The van der Waals surface area contributed by atoms with E-state index >= 15 is 0 Å². The van der Waals surface area contributed by atoms with E-state index in [0.717, 1.165) is 6.54 Å². The van der Waals surface area contributed by atoms with E-state index in [1.165, 1.54) is 32.4 Å². The molecule has 16 heavy (non-hydrogen) atoms. The molecule has 0 aromatic carbocycles. The lowest BCUT2D eigenvalue weighted by atomic mass is 9.82. The summed E-state index contributed by atoms with van der Waals surface area (Å²) in [6.45, 7) is 15.3. The lowest BCUT2D eigenvalue weighted by molar-refractivity contribution is 0.0826. The van der Waals surface area contributed by atoms with Crippen LogP contribution in [-0.4, -0.2) is 36.6 Å². The van der Waals surface area contributed by atoms with Crippen LogP contribution in [0.5, 0.6) is 0 Å². The third kappa shape index (κ3) is 3.74. The Bertz CT molecular complexity index is 191. The fourth-order valence-corrected chi connectivity index (χ4v) is 2.71. The van der Waals surface area contributed by atoms with E-state index in [4.69, 9.17) is 0 Å². The van der Waals surface area contributed by atoms with Gasteiger partial charge in [0.15, 0.2) is 0 Å². The molecule has 2 unspecified atom stereocenters. The summed E-state index contributed by atoms with van der Waals surface area (Å²) in [5, 5.41) is 3.61. The van der Waals surface area contributed by atoms with Crippen molar-refractivity contribution in [3.8, 4) is 0 Å². The molecule has 0 saturated carbocycles. The quantitative estimate of drug-likeness (QED) is 0.775. The zero-order valence-corrected chi connectivity index (χ0v) is 11.8. The van der Waals surface area contributed by atoms with Gasteiger partial charge in [-0.3, -0.25) is 4.90 Å². The number of nitrogens with one attached hydrogen (secondary N) is 1. The van der Waals surface area contributed by atoms with Crippen molar-refractivity contribution in [3.05, 3.63) is 0 Å². The third-order valence-corrected chi connectivity index (χ3v) is 4.22. The van der Waals surface area contributed by atoms with Gasteiger partial charge in [-0.1, -0.05) is 27.7 Å². The van der Waals surface area contributed by atoms with E-state index < -0.39 is 0 Å². The Morgan fingerprint density at radius 3 is 2.19 bits per heavy atom. The molecule has 1 rings (SSSR count). The molecule has 0 bridgehead atoms. The number of rotatable bonds is 5. The van der Waals surface area contributed by atoms with Crippen molar-refractivity contribution in [1.82, 2.24) is 10.2 Å². The molecule has 1 heterocycles. The normalized spacial score (nSPS) is 25.3. The van der Waals surface area contributed by atoms with Crippen molar-refractivity contribution in [2.24, 2.45) is 5.41 Å². The van der Waals surface area contributed by atoms with E-state index in [1.807, 2.05) is 0 Å². The summed E-state index contributed by atoms with van der Waals surface area (Å²) < 4.78 is 0. The van der Waals surface area contributed by atoms with Crippen LogP contribution >= 0.6 is 0 Å². The highest BCUT2D eigenvalue weighted by Gasteiger charge is 2.29. The van der Waals surface area contributed by atoms with Gasteiger partial charge in [0.25, 0.3) is 0 Å². The van der Waals surface area contributed by atoms with E-state index in [1.54, 1.807) is 0 Å². The van der Waals surface area contributed by atoms with Crippen molar-refractivity contribution < 1.29 is 0 Å². The van der Waals surface area contributed by atoms with Crippen molar-refractivity contribution in [2.75, 3.05) is 19.6 Å². The van der Waals surface area contributed by atoms with Gasteiger partial charge in [-0.05, 0) is 51.2 Å². The summed E-state index contributed by atoms with van der Waals surface area (Å²) in [5.41, 5.74) is 0.566. The van der Waals surface area contributed by atoms with Gasteiger partial charge >= 0.3 is 0 Å². The molecular weight excluding hydrogens is 196 g/mol. The highest BCUT2D eigenvalue weighted by molar-refractivity contribution is 4.86. The van der Waals surface area contributed by atoms with Crippen LogP contribution in [0.1, 0.15) is 53.9 Å². The van der Waals surface area contributed by atoms with Gasteiger partial charge in [-0.25, -0.2) is 0 Å².